The van der Waals surface area contributed by atoms with Crippen molar-refractivity contribution >= 4 is 26.5 Å². The van der Waals surface area contributed by atoms with Crippen molar-refractivity contribution < 1.29 is 5.11 Å². The van der Waals surface area contributed by atoms with Crippen molar-refractivity contribution in [2.75, 3.05) is 5.38 Å². The highest BCUT2D eigenvalue weighted by molar-refractivity contribution is 8.00. The molecule has 178 valence electrons. The molecule has 0 atom stereocenters. The first-order chi connectivity index (χ1) is 15.0. The van der Waals surface area contributed by atoms with Crippen LogP contribution >= 0.6 is 11.8 Å². The maximum atomic E-state index is 10.7. The molecule has 0 spiro atoms. The van der Waals surface area contributed by atoms with E-state index in [0.717, 1.165) is 5.56 Å². The van der Waals surface area contributed by atoms with E-state index in [-0.39, 0.29) is 20.3 Å². The van der Waals surface area contributed by atoms with Crippen LogP contribution in [-0.4, -0.2) is 20.0 Å². The predicted octanol–water partition coefficient (Wildman–Crippen LogP) is 7.22. The minimum atomic E-state index is -0.372. The molecule has 32 heavy (non-hydrogen) atoms. The Kier molecular flexibility index (Phi) is 9.97. The van der Waals surface area contributed by atoms with Crippen LogP contribution in [0.25, 0.3) is 0 Å². The topological polar surface area (TPSA) is 20.2 Å². The van der Waals surface area contributed by atoms with Crippen molar-refractivity contribution in [2.45, 2.75) is 110 Å². The number of unbranched alkanes of at least 4 members (excludes halogenated alkanes) is 2. The molecule has 2 aromatic carbocycles. The van der Waals surface area contributed by atoms with Gasteiger partial charge in [0.15, 0.2) is 0 Å². The first-order valence-corrected chi connectivity index (χ1v) is 15.3. The van der Waals surface area contributed by atoms with E-state index in [9.17, 15) is 5.11 Å². The number of phenolic OH excluding ortho intramolecular Hbond substituents is 1. The van der Waals surface area contributed by atoms with E-state index in [1.807, 2.05) is 17.8 Å². The second kappa shape index (κ2) is 11.8. The predicted molar refractivity (Wildman–Crippen MR) is 148 cm³/mol. The highest BCUT2D eigenvalue weighted by Gasteiger charge is 2.25. The Balaban J connectivity index is 2.29. The molecule has 1 nitrogen and oxygen atoms in total. The Morgan fingerprint density at radius 3 is 2.06 bits per heavy atom. The van der Waals surface area contributed by atoms with Gasteiger partial charge < -0.3 is 5.11 Å². The number of aromatic hydroxyl groups is 1. The summed E-state index contributed by atoms with van der Waals surface area (Å²) in [6, 6.07) is 11.4. The molecule has 0 aliphatic rings. The van der Waals surface area contributed by atoms with E-state index >= 15 is 0 Å². The molecule has 0 aliphatic carbocycles. The van der Waals surface area contributed by atoms with Crippen molar-refractivity contribution in [3.05, 3.63) is 52.6 Å². The molecule has 2 aromatic rings. The lowest BCUT2D eigenvalue weighted by atomic mass is 9.81. The zero-order chi connectivity index (χ0) is 23.9. The van der Waals surface area contributed by atoms with Gasteiger partial charge >= 0.3 is 0 Å². The summed E-state index contributed by atoms with van der Waals surface area (Å²) in [5.74, 6) is 0.439. The monoisotopic (exact) mass is 470 g/mol. The summed E-state index contributed by atoms with van der Waals surface area (Å²) in [5.41, 5.74) is 5.56. The summed E-state index contributed by atoms with van der Waals surface area (Å²) < 4.78 is 0. The number of rotatable bonds is 10. The molecule has 0 fully saturated rings. The van der Waals surface area contributed by atoms with E-state index in [1.165, 1.54) is 54.4 Å². The Bertz CT molecular complexity index is 874. The average molecular weight is 471 g/mol. The van der Waals surface area contributed by atoms with Gasteiger partial charge in [-0.15, -0.1) is 11.8 Å². The lowest BCUT2D eigenvalue weighted by Crippen LogP contribution is -2.23. The summed E-state index contributed by atoms with van der Waals surface area (Å²) in [6.07, 6.45) is 7.57. The van der Waals surface area contributed by atoms with Crippen LogP contribution in [0, 0.1) is 0 Å². The SMILES string of the molecule is CCCCc1cccc([SiH2]CSc2cc(C(C)(C)C)c(O)cc2C(C)(C)C)c1CCCC. The molecule has 0 saturated carbocycles. The minimum Gasteiger partial charge on any atom is -0.508 e. The molecule has 0 amide bonds. The maximum absolute atomic E-state index is 10.7. The van der Waals surface area contributed by atoms with Crippen LogP contribution in [0.1, 0.15) is 103 Å². The Hall–Kier alpha value is -1.19. The Morgan fingerprint density at radius 2 is 1.47 bits per heavy atom. The zero-order valence-electron chi connectivity index (χ0n) is 21.9. The van der Waals surface area contributed by atoms with Crippen LogP contribution in [0.3, 0.4) is 0 Å². The number of hydrogen-bond acceptors (Lipinski definition) is 2. The van der Waals surface area contributed by atoms with Crippen molar-refractivity contribution in [3.8, 4) is 5.75 Å². The highest BCUT2D eigenvalue weighted by atomic mass is 32.2. The maximum Gasteiger partial charge on any atom is 0.119 e. The van der Waals surface area contributed by atoms with Gasteiger partial charge in [-0.2, -0.15) is 0 Å². The molecule has 0 unspecified atom stereocenters. The molecule has 1 N–H and O–H groups in total. The van der Waals surface area contributed by atoms with Gasteiger partial charge in [0.05, 0.1) is 9.52 Å². The number of hydrogen-bond donors (Lipinski definition) is 1. The molecule has 3 heteroatoms. The molecule has 0 bridgehead atoms. The van der Waals surface area contributed by atoms with Gasteiger partial charge in [-0.25, -0.2) is 0 Å². The molecule has 0 aromatic heterocycles. The fraction of sp³-hybridized carbons (Fsp3) is 0.586. The quantitative estimate of drug-likeness (QED) is 0.292. The van der Waals surface area contributed by atoms with Crippen molar-refractivity contribution in [1.29, 1.82) is 0 Å². The molecule has 0 radical (unpaired) electrons. The third-order valence-electron chi connectivity index (χ3n) is 6.29. The van der Waals surface area contributed by atoms with Gasteiger partial charge in [0.1, 0.15) is 5.75 Å². The normalized spacial score (nSPS) is 12.8. The summed E-state index contributed by atoms with van der Waals surface area (Å²) in [4.78, 5) is 1.35. The summed E-state index contributed by atoms with van der Waals surface area (Å²) >= 11 is 2.01. The summed E-state index contributed by atoms with van der Waals surface area (Å²) in [7, 11) is -0.372. The first kappa shape index (κ1) is 27.1. The van der Waals surface area contributed by atoms with Gasteiger partial charge in [0.25, 0.3) is 0 Å². The lowest BCUT2D eigenvalue weighted by molar-refractivity contribution is 0.441. The van der Waals surface area contributed by atoms with Crippen LogP contribution in [-0.2, 0) is 23.7 Å². The van der Waals surface area contributed by atoms with Gasteiger partial charge in [-0.1, -0.05) is 91.6 Å². The van der Waals surface area contributed by atoms with E-state index in [4.69, 9.17) is 0 Å². The molecule has 0 aliphatic heterocycles. The van der Waals surface area contributed by atoms with Crippen LogP contribution < -0.4 is 5.19 Å². The van der Waals surface area contributed by atoms with E-state index in [1.54, 1.807) is 16.3 Å². The van der Waals surface area contributed by atoms with E-state index in [0.29, 0.717) is 5.75 Å². The van der Waals surface area contributed by atoms with Crippen LogP contribution in [0.2, 0.25) is 0 Å². The number of thioether (sulfide) groups is 1. The van der Waals surface area contributed by atoms with Crippen molar-refractivity contribution in [2.24, 2.45) is 0 Å². The summed E-state index contributed by atoms with van der Waals surface area (Å²) in [6.45, 7) is 17.9. The van der Waals surface area contributed by atoms with Gasteiger partial charge in [0, 0.05) is 10.5 Å². The fourth-order valence-electron chi connectivity index (χ4n) is 4.34. The molecule has 0 saturated heterocycles. The second-order valence-electron chi connectivity index (χ2n) is 11.2. The summed E-state index contributed by atoms with van der Waals surface area (Å²) in [5, 5.41) is 13.6. The standard InChI is InChI=1S/C29H46OSSi/c1-9-11-14-21-15-13-17-27(22(21)16-12-10-2)32-20-31-26-19-23(28(3,4)5)25(30)18-24(26)29(6,7)8/h13,15,17-19,30H,9-12,14,16,20,32H2,1-8H3. The fourth-order valence-corrected chi connectivity index (χ4v) is 8.24. The van der Waals surface area contributed by atoms with Crippen LogP contribution in [0.4, 0.5) is 0 Å². The first-order valence-electron chi connectivity index (χ1n) is 12.6. The third kappa shape index (κ3) is 7.42. The smallest absolute Gasteiger partial charge is 0.119 e. The van der Waals surface area contributed by atoms with Crippen molar-refractivity contribution in [1.82, 2.24) is 0 Å². The van der Waals surface area contributed by atoms with Crippen molar-refractivity contribution in [3.63, 3.8) is 0 Å². The molecule has 2 rings (SSSR count). The van der Waals surface area contributed by atoms with Crippen LogP contribution in [0.15, 0.2) is 35.2 Å². The number of phenols is 1. The average Bonchev–Trinajstić information content (AvgIpc) is 2.70. The lowest BCUT2D eigenvalue weighted by Gasteiger charge is -2.27. The van der Waals surface area contributed by atoms with E-state index < -0.39 is 0 Å². The van der Waals surface area contributed by atoms with Gasteiger partial charge in [0.2, 0.25) is 0 Å². The van der Waals surface area contributed by atoms with E-state index in [2.05, 4.69) is 79.7 Å². The molecule has 0 heterocycles. The number of benzene rings is 2. The number of aryl methyl sites for hydroxylation is 1. The molecular weight excluding hydrogens is 424 g/mol. The van der Waals surface area contributed by atoms with Gasteiger partial charge in [-0.05, 0) is 70.7 Å². The third-order valence-corrected chi connectivity index (χ3v) is 9.78. The largest absolute Gasteiger partial charge is 0.508 e. The highest BCUT2D eigenvalue weighted by Crippen LogP contribution is 2.40. The zero-order valence-corrected chi connectivity index (χ0v) is 24.1. The minimum absolute atomic E-state index is 0.0180. The van der Waals surface area contributed by atoms with Gasteiger partial charge in [-0.3, -0.25) is 0 Å². The Morgan fingerprint density at radius 1 is 0.844 bits per heavy atom. The Labute approximate surface area is 204 Å². The van der Waals surface area contributed by atoms with Crippen LogP contribution in [0.5, 0.6) is 5.75 Å². The molecular formula is C29H46OSSi. The second-order valence-corrected chi connectivity index (χ2v) is 14.8.